The summed E-state index contributed by atoms with van der Waals surface area (Å²) >= 11 is 3.35. The Kier molecular flexibility index (Phi) is 19.6. The maximum Gasteiger partial charge on any atom is 0.338 e. The van der Waals surface area contributed by atoms with Crippen molar-refractivity contribution in [1.29, 1.82) is 5.26 Å². The van der Waals surface area contributed by atoms with Crippen molar-refractivity contribution >= 4 is 35.1 Å². The van der Waals surface area contributed by atoms with Crippen LogP contribution < -0.4 is 4.74 Å². The van der Waals surface area contributed by atoms with Gasteiger partial charge in [-0.3, -0.25) is 14.4 Å². The van der Waals surface area contributed by atoms with Crippen molar-refractivity contribution in [3.05, 3.63) is 113 Å². The summed E-state index contributed by atoms with van der Waals surface area (Å²) in [6, 6.07) is 15.3. The highest BCUT2D eigenvalue weighted by Gasteiger charge is 2.37. The first-order valence-electron chi connectivity index (χ1n) is 22.1. The number of ketones is 2. The molecule has 15 heteroatoms. The molecular weight excluding hydrogens is 865 g/mol. The zero-order valence-electron chi connectivity index (χ0n) is 38.1. The Morgan fingerprint density at radius 2 is 1.35 bits per heavy atom. The highest BCUT2D eigenvalue weighted by molar-refractivity contribution is 8.00. The van der Waals surface area contributed by atoms with E-state index in [4.69, 9.17) is 30.3 Å². The number of hydrogen-bond acceptors (Lipinski definition) is 14. The summed E-state index contributed by atoms with van der Waals surface area (Å²) in [6.07, 6.45) is 13.2. The van der Waals surface area contributed by atoms with Crippen LogP contribution in [0.4, 0.5) is 0 Å². The fraction of sp³-hybridized carbons (Fsp3) is 0.520. The normalized spacial score (nSPS) is 22.2. The molecule has 0 saturated heterocycles. The second-order valence-electron chi connectivity index (χ2n) is 17.6. The topological polar surface area (TPSA) is 174 Å². The molecule has 0 bridgehead atoms. The number of thioether (sulfide) groups is 2. The van der Waals surface area contributed by atoms with E-state index < -0.39 is 23.4 Å². The Bertz CT molecular complexity index is 2140. The summed E-state index contributed by atoms with van der Waals surface area (Å²) in [4.78, 5) is 31.4. The molecule has 0 aromatic heterocycles. The van der Waals surface area contributed by atoms with Gasteiger partial charge in [-0.05, 0) is 61.6 Å². The number of azo groups is 1. The number of nitrogens with zero attached hydrogens (tertiary/aromatic N) is 4. The van der Waals surface area contributed by atoms with Crippen LogP contribution in [-0.2, 0) is 18.9 Å². The number of ether oxygens (including phenoxy) is 5. The minimum Gasteiger partial charge on any atom is -0.491 e. The second kappa shape index (κ2) is 24.8. The number of carbonyl (C=O) groups excluding carboxylic acids is 2. The maximum absolute atomic E-state index is 12.9. The van der Waals surface area contributed by atoms with Crippen molar-refractivity contribution < 1.29 is 43.5 Å². The first-order chi connectivity index (χ1) is 31.1. The van der Waals surface area contributed by atoms with E-state index in [2.05, 4.69) is 41.1 Å². The van der Waals surface area contributed by atoms with Gasteiger partial charge in [-0.2, -0.15) is 10.4 Å². The lowest BCUT2D eigenvalue weighted by molar-refractivity contribution is -0.0356. The van der Waals surface area contributed by atoms with Crippen LogP contribution in [0.1, 0.15) is 75.1 Å². The van der Waals surface area contributed by atoms with Crippen LogP contribution in [0.2, 0.25) is 0 Å². The number of aliphatic hydroxyl groups is 2. The molecule has 0 spiro atoms. The quantitative estimate of drug-likeness (QED) is 0.0653. The number of aliphatic hydroxyl groups excluding tert-OH is 2. The molecule has 0 amide bonds. The molecule has 13 nitrogen and oxygen atoms in total. The minimum absolute atomic E-state index is 0.0376. The Hall–Kier alpha value is -4.58. The molecule has 0 radical (unpaired) electrons. The molecular formula is C50H62N4O9S2. The Balaban J connectivity index is 0.000000374. The van der Waals surface area contributed by atoms with Gasteiger partial charge in [0.2, 0.25) is 0 Å². The number of rotatable bonds is 22. The molecule has 0 saturated carbocycles. The average Bonchev–Trinajstić information content (AvgIpc) is 3.29. The van der Waals surface area contributed by atoms with Gasteiger partial charge in [0.05, 0.1) is 64.0 Å². The summed E-state index contributed by atoms with van der Waals surface area (Å²) in [5.74, 6) is 1.58. The third kappa shape index (κ3) is 15.5. The van der Waals surface area contributed by atoms with E-state index in [1.54, 1.807) is 43.4 Å². The number of nitriles is 1. The zero-order valence-corrected chi connectivity index (χ0v) is 39.8. The predicted molar refractivity (Wildman–Crippen MR) is 252 cm³/mol. The van der Waals surface area contributed by atoms with Crippen molar-refractivity contribution in [1.82, 2.24) is 0 Å². The lowest BCUT2D eigenvalue weighted by Crippen LogP contribution is -2.30. The van der Waals surface area contributed by atoms with Crippen molar-refractivity contribution in [3.63, 3.8) is 0 Å². The largest absolute Gasteiger partial charge is 0.491 e. The molecule has 8 unspecified atom stereocenters. The monoisotopic (exact) mass is 926 g/mol. The number of allylic oxidation sites excluding steroid dienone is 5. The van der Waals surface area contributed by atoms with Crippen LogP contribution >= 0.6 is 23.5 Å². The number of fused-ring (bicyclic) bond motifs is 4. The van der Waals surface area contributed by atoms with Crippen LogP contribution in [0.25, 0.3) is 4.85 Å². The zero-order chi connectivity index (χ0) is 47.0. The third-order valence-corrected chi connectivity index (χ3v) is 13.2. The van der Waals surface area contributed by atoms with Gasteiger partial charge in [0, 0.05) is 38.3 Å². The fourth-order valence-electron chi connectivity index (χ4n) is 7.59. The Morgan fingerprint density at radius 3 is 2.02 bits per heavy atom. The lowest BCUT2D eigenvalue weighted by atomic mass is 9.90. The third-order valence-electron chi connectivity index (χ3n) is 10.6. The average molecular weight is 927 g/mol. The van der Waals surface area contributed by atoms with Gasteiger partial charge in [0.1, 0.15) is 36.9 Å². The van der Waals surface area contributed by atoms with Gasteiger partial charge in [-0.25, -0.2) is 6.57 Å². The summed E-state index contributed by atoms with van der Waals surface area (Å²) < 4.78 is 27.9. The molecule has 2 N–H and O–H groups in total. The van der Waals surface area contributed by atoms with Crippen molar-refractivity contribution in [2.75, 3.05) is 52.9 Å². The van der Waals surface area contributed by atoms with E-state index >= 15 is 0 Å². The van der Waals surface area contributed by atoms with E-state index in [-0.39, 0.29) is 60.3 Å². The molecule has 2 aromatic carbocycles. The lowest BCUT2D eigenvalue weighted by Gasteiger charge is -2.30. The van der Waals surface area contributed by atoms with Gasteiger partial charge in [-0.1, -0.05) is 76.3 Å². The maximum atomic E-state index is 12.9. The Labute approximate surface area is 392 Å². The summed E-state index contributed by atoms with van der Waals surface area (Å²) in [5, 5.41) is 38.2. The molecule has 0 fully saturated rings. The first-order valence-corrected chi connectivity index (χ1v) is 23.9. The standard InChI is InChI=1S/C36H38O9S2.C14H24N4/c37-23(21-44-25-9-11-33-29(17-25)35(39)27-5-1-3-7-31(27)46-33)19-42-15-13-41-14-16-43-20-24(38)22-45-26-10-12-34-30(18-26)36(40)28-6-2-4-8-32(28)47-34;1-11(2)8-13(5,10-15)17-18-14(6,16-7)9-12(3)4/h1-12,17-18,23-24,27,30-31,34,37-38H,13-16,19-22H2;11-12H,8-9H2,1-6H3. The molecule has 8 atom stereocenters. The highest BCUT2D eigenvalue weighted by Crippen LogP contribution is 2.43. The van der Waals surface area contributed by atoms with Gasteiger partial charge in [0.15, 0.2) is 17.1 Å². The van der Waals surface area contributed by atoms with E-state index in [1.807, 2.05) is 86.7 Å². The van der Waals surface area contributed by atoms with E-state index in [9.17, 15) is 25.1 Å². The van der Waals surface area contributed by atoms with Crippen molar-refractivity contribution in [2.24, 2.45) is 33.9 Å². The smallest absolute Gasteiger partial charge is 0.338 e. The number of Topliss-reactive ketones (excluding diaryl/α,β-unsaturated/α-hetero) is 2. The van der Waals surface area contributed by atoms with Gasteiger partial charge >= 0.3 is 5.66 Å². The van der Waals surface area contributed by atoms with Gasteiger partial charge < -0.3 is 33.9 Å². The van der Waals surface area contributed by atoms with Crippen LogP contribution in [0.5, 0.6) is 5.75 Å². The summed E-state index contributed by atoms with van der Waals surface area (Å²) in [7, 11) is 0. The first kappa shape index (κ1) is 51.4. The Morgan fingerprint density at radius 1 is 0.754 bits per heavy atom. The van der Waals surface area contributed by atoms with Gasteiger partial charge in [0.25, 0.3) is 0 Å². The molecule has 2 heterocycles. The van der Waals surface area contributed by atoms with E-state index in [0.717, 1.165) is 15.4 Å². The molecule has 2 aliphatic carbocycles. The van der Waals surface area contributed by atoms with E-state index in [0.29, 0.717) is 68.2 Å². The minimum atomic E-state index is -0.844. The van der Waals surface area contributed by atoms with Crippen LogP contribution in [0.15, 0.2) is 111 Å². The van der Waals surface area contributed by atoms with Crippen molar-refractivity contribution in [3.8, 4) is 11.8 Å². The van der Waals surface area contributed by atoms with Gasteiger partial charge in [-0.15, -0.1) is 28.6 Å². The SMILES string of the molecule is O=C1c2ccccc2SC2C=CC(OCC(O)COCCOCCOCC(O)COc3ccc4c(c3)C(=O)C3C=CC=CC3S4)=CC12.[C-]#[N+]C(C)(CC(C)C)N=NC(C)(C#N)CC(C)C. The molecule has 65 heavy (non-hydrogen) atoms. The van der Waals surface area contributed by atoms with Crippen LogP contribution in [-0.4, -0.2) is 109 Å². The van der Waals surface area contributed by atoms with Crippen molar-refractivity contribution in [2.45, 2.75) is 98.1 Å². The number of benzene rings is 2. The fourth-order valence-corrected chi connectivity index (χ4v) is 10.1. The molecule has 348 valence electrons. The highest BCUT2D eigenvalue weighted by atomic mass is 32.2. The van der Waals surface area contributed by atoms with Crippen LogP contribution in [0, 0.1) is 41.6 Å². The van der Waals surface area contributed by atoms with E-state index in [1.165, 1.54) is 0 Å². The molecule has 2 aromatic rings. The number of carbonyl (C=O) groups is 2. The summed E-state index contributed by atoms with van der Waals surface area (Å²) in [6.45, 7) is 20.5. The summed E-state index contributed by atoms with van der Waals surface area (Å²) in [5.41, 5.74) is -0.274. The van der Waals surface area contributed by atoms with Crippen LogP contribution in [0.3, 0.4) is 0 Å². The predicted octanol–water partition coefficient (Wildman–Crippen LogP) is 9.13. The molecule has 2 aliphatic heterocycles. The molecule has 6 rings (SSSR count). The number of hydrogen-bond donors (Lipinski definition) is 2. The molecule has 4 aliphatic rings. The second-order valence-corrected chi connectivity index (χ2v) is 20.0.